The number of sulfone groups is 1. The van der Waals surface area contributed by atoms with E-state index in [9.17, 15) is 8.42 Å². The molecule has 5 heteroatoms. The maximum Gasteiger partial charge on any atom is 0.151 e. The zero-order valence-corrected chi connectivity index (χ0v) is 9.85. The SMILES string of the molecule is CCCC(N)CS(=O)(=O)CCCOC. The third kappa shape index (κ3) is 7.29. The molecule has 0 aromatic heterocycles. The maximum absolute atomic E-state index is 11.5. The van der Waals surface area contributed by atoms with Gasteiger partial charge in [0.05, 0.1) is 11.5 Å². The van der Waals surface area contributed by atoms with Crippen LogP contribution in [0.3, 0.4) is 0 Å². The molecule has 0 saturated carbocycles. The zero-order valence-electron chi connectivity index (χ0n) is 9.03. The predicted molar refractivity (Wildman–Crippen MR) is 58.0 cm³/mol. The van der Waals surface area contributed by atoms with Crippen LogP contribution in [-0.4, -0.2) is 39.7 Å². The van der Waals surface area contributed by atoms with Crippen molar-refractivity contribution in [3.8, 4) is 0 Å². The largest absolute Gasteiger partial charge is 0.385 e. The second-order valence-electron chi connectivity index (χ2n) is 3.51. The minimum absolute atomic E-state index is 0.102. The van der Waals surface area contributed by atoms with E-state index >= 15 is 0 Å². The molecule has 14 heavy (non-hydrogen) atoms. The number of ether oxygens (including phenoxy) is 1. The van der Waals surface area contributed by atoms with Crippen LogP contribution in [-0.2, 0) is 14.6 Å². The maximum atomic E-state index is 11.5. The van der Waals surface area contributed by atoms with Crippen molar-refractivity contribution in [2.24, 2.45) is 5.73 Å². The fourth-order valence-corrected chi connectivity index (χ4v) is 2.83. The molecule has 0 saturated heterocycles. The number of rotatable bonds is 8. The molecular weight excluding hydrogens is 202 g/mol. The first-order valence-electron chi connectivity index (χ1n) is 4.96. The van der Waals surface area contributed by atoms with Crippen molar-refractivity contribution in [3.05, 3.63) is 0 Å². The van der Waals surface area contributed by atoms with Crippen LogP contribution in [0.25, 0.3) is 0 Å². The van der Waals surface area contributed by atoms with Crippen LogP contribution in [0.1, 0.15) is 26.2 Å². The van der Waals surface area contributed by atoms with Gasteiger partial charge >= 0.3 is 0 Å². The summed E-state index contributed by atoms with van der Waals surface area (Å²) in [6.07, 6.45) is 2.25. The molecule has 0 amide bonds. The molecule has 4 nitrogen and oxygen atoms in total. The molecule has 0 fully saturated rings. The van der Waals surface area contributed by atoms with Gasteiger partial charge in [-0.05, 0) is 12.8 Å². The molecule has 0 aliphatic carbocycles. The van der Waals surface area contributed by atoms with Gasteiger partial charge in [0, 0.05) is 19.8 Å². The third-order valence-electron chi connectivity index (χ3n) is 1.93. The fourth-order valence-electron chi connectivity index (χ4n) is 1.29. The van der Waals surface area contributed by atoms with Crippen molar-refractivity contribution in [2.45, 2.75) is 32.2 Å². The number of hydrogen-bond donors (Lipinski definition) is 1. The van der Waals surface area contributed by atoms with Gasteiger partial charge in [-0.1, -0.05) is 13.3 Å². The van der Waals surface area contributed by atoms with Crippen molar-refractivity contribution < 1.29 is 13.2 Å². The van der Waals surface area contributed by atoms with Gasteiger partial charge in [0.25, 0.3) is 0 Å². The van der Waals surface area contributed by atoms with Gasteiger partial charge < -0.3 is 10.5 Å². The summed E-state index contributed by atoms with van der Waals surface area (Å²) >= 11 is 0. The van der Waals surface area contributed by atoms with Gasteiger partial charge in [0.15, 0.2) is 9.84 Å². The lowest BCUT2D eigenvalue weighted by molar-refractivity contribution is 0.199. The lowest BCUT2D eigenvalue weighted by Gasteiger charge is -2.10. The molecule has 0 aliphatic rings. The van der Waals surface area contributed by atoms with E-state index < -0.39 is 9.84 Å². The van der Waals surface area contributed by atoms with E-state index in [0.717, 1.165) is 12.8 Å². The Kier molecular flexibility index (Phi) is 7.13. The molecule has 0 radical (unpaired) electrons. The summed E-state index contributed by atoms with van der Waals surface area (Å²) in [7, 11) is -1.42. The first-order valence-corrected chi connectivity index (χ1v) is 6.79. The highest BCUT2D eigenvalue weighted by Gasteiger charge is 2.14. The van der Waals surface area contributed by atoms with E-state index in [1.54, 1.807) is 7.11 Å². The Bertz CT molecular complexity index is 226. The van der Waals surface area contributed by atoms with Crippen LogP contribution in [0.5, 0.6) is 0 Å². The van der Waals surface area contributed by atoms with E-state index in [1.165, 1.54) is 0 Å². The summed E-state index contributed by atoms with van der Waals surface area (Å²) < 4.78 is 27.7. The summed E-state index contributed by atoms with van der Waals surface area (Å²) in [4.78, 5) is 0. The van der Waals surface area contributed by atoms with Crippen LogP contribution >= 0.6 is 0 Å². The third-order valence-corrected chi connectivity index (χ3v) is 3.78. The molecule has 0 bridgehead atoms. The van der Waals surface area contributed by atoms with Crippen molar-refractivity contribution in [1.29, 1.82) is 0 Å². The van der Waals surface area contributed by atoms with Gasteiger partial charge in [0.2, 0.25) is 0 Å². The van der Waals surface area contributed by atoms with Crippen molar-refractivity contribution in [3.63, 3.8) is 0 Å². The van der Waals surface area contributed by atoms with Crippen LogP contribution in [0, 0.1) is 0 Å². The molecule has 0 heterocycles. The lowest BCUT2D eigenvalue weighted by atomic mass is 10.2. The van der Waals surface area contributed by atoms with Gasteiger partial charge in [0.1, 0.15) is 0 Å². The normalized spacial score (nSPS) is 14.2. The molecule has 1 unspecified atom stereocenters. The standard InChI is InChI=1S/C9H21NO3S/c1-3-5-9(10)8-14(11,12)7-4-6-13-2/h9H,3-8,10H2,1-2H3. The quantitative estimate of drug-likeness (QED) is 0.611. The Labute approximate surface area is 86.7 Å². The molecular formula is C9H21NO3S. The Morgan fingerprint density at radius 3 is 2.57 bits per heavy atom. The molecule has 1 atom stereocenters. The van der Waals surface area contributed by atoms with Crippen molar-refractivity contribution in [2.75, 3.05) is 25.2 Å². The predicted octanol–water partition coefficient (Wildman–Crippen LogP) is 0.565. The molecule has 0 spiro atoms. The molecule has 0 aliphatic heterocycles. The average molecular weight is 223 g/mol. The summed E-state index contributed by atoms with van der Waals surface area (Å²) in [6, 6.07) is -0.215. The second-order valence-corrected chi connectivity index (χ2v) is 5.74. The Hall–Kier alpha value is -0.130. The topological polar surface area (TPSA) is 69.4 Å². The van der Waals surface area contributed by atoms with Gasteiger partial charge in [-0.25, -0.2) is 8.42 Å². The van der Waals surface area contributed by atoms with Crippen molar-refractivity contribution in [1.82, 2.24) is 0 Å². The number of hydrogen-bond acceptors (Lipinski definition) is 4. The molecule has 2 N–H and O–H groups in total. The van der Waals surface area contributed by atoms with Crippen molar-refractivity contribution >= 4 is 9.84 Å². The summed E-state index contributed by atoms with van der Waals surface area (Å²) in [6.45, 7) is 2.49. The average Bonchev–Trinajstić information content (AvgIpc) is 2.03. The van der Waals surface area contributed by atoms with Crippen LogP contribution < -0.4 is 5.73 Å². The Morgan fingerprint density at radius 2 is 2.07 bits per heavy atom. The first-order chi connectivity index (χ1) is 6.52. The Balaban J connectivity index is 3.82. The first kappa shape index (κ1) is 13.9. The van der Waals surface area contributed by atoms with E-state index in [-0.39, 0.29) is 17.5 Å². The Morgan fingerprint density at radius 1 is 1.43 bits per heavy atom. The number of methoxy groups -OCH3 is 1. The minimum Gasteiger partial charge on any atom is -0.385 e. The van der Waals surface area contributed by atoms with Gasteiger partial charge in [-0.15, -0.1) is 0 Å². The molecule has 0 aromatic rings. The van der Waals surface area contributed by atoms with Crippen LogP contribution in [0.4, 0.5) is 0 Å². The minimum atomic E-state index is -2.98. The highest BCUT2D eigenvalue weighted by atomic mass is 32.2. The van der Waals surface area contributed by atoms with E-state index in [0.29, 0.717) is 13.0 Å². The van der Waals surface area contributed by atoms with Gasteiger partial charge in [-0.3, -0.25) is 0 Å². The molecule has 86 valence electrons. The molecule has 0 aromatic carbocycles. The van der Waals surface area contributed by atoms with Crippen LogP contribution in [0.2, 0.25) is 0 Å². The van der Waals surface area contributed by atoms with E-state index in [2.05, 4.69) is 0 Å². The highest BCUT2D eigenvalue weighted by Crippen LogP contribution is 2.01. The lowest BCUT2D eigenvalue weighted by Crippen LogP contribution is -2.30. The summed E-state index contributed by atoms with van der Waals surface area (Å²) in [5, 5.41) is 0. The van der Waals surface area contributed by atoms with Gasteiger partial charge in [-0.2, -0.15) is 0 Å². The molecule has 0 rings (SSSR count). The summed E-state index contributed by atoms with van der Waals surface area (Å²) in [5.41, 5.74) is 5.66. The monoisotopic (exact) mass is 223 g/mol. The highest BCUT2D eigenvalue weighted by molar-refractivity contribution is 7.91. The van der Waals surface area contributed by atoms with E-state index in [1.807, 2.05) is 6.92 Å². The summed E-state index contributed by atoms with van der Waals surface area (Å²) in [5.74, 6) is 0.281. The smallest absolute Gasteiger partial charge is 0.151 e. The second kappa shape index (κ2) is 7.20. The van der Waals surface area contributed by atoms with Crippen LogP contribution in [0.15, 0.2) is 0 Å². The zero-order chi connectivity index (χ0) is 11.0. The fraction of sp³-hybridized carbons (Fsp3) is 1.00. The van der Waals surface area contributed by atoms with E-state index in [4.69, 9.17) is 10.5 Å². The number of nitrogens with two attached hydrogens (primary N) is 1.